The number of imidazole rings is 1. The van der Waals surface area contributed by atoms with Crippen molar-refractivity contribution in [3.05, 3.63) is 212 Å². The highest BCUT2D eigenvalue weighted by Gasteiger charge is 2.22. The quantitative estimate of drug-likeness (QED) is 0.168. The van der Waals surface area contributed by atoms with Gasteiger partial charge in [-0.25, -0.2) is 4.98 Å². The van der Waals surface area contributed by atoms with Gasteiger partial charge >= 0.3 is 0 Å². The highest BCUT2D eigenvalue weighted by Crippen LogP contribution is 2.45. The fourth-order valence-corrected chi connectivity index (χ4v) is 8.43. The molecule has 9 aromatic carbocycles. The lowest BCUT2D eigenvalue weighted by Gasteiger charge is -2.14. The molecule has 0 bridgehead atoms. The SMILES string of the molecule is c1ccc(-c2c(-c3ccccc3)n(-c3ccc4ccccc4c3)c3cc4ccc(-c5ccc(-c6nc7ccccc7n6-c6ccccc6)cc5)cc4cc23)cc1. The van der Waals surface area contributed by atoms with Crippen molar-refractivity contribution >= 4 is 43.5 Å². The topological polar surface area (TPSA) is 22.8 Å². The highest BCUT2D eigenvalue weighted by atomic mass is 15.1. The van der Waals surface area contributed by atoms with Crippen LogP contribution in [0.3, 0.4) is 0 Å². The minimum Gasteiger partial charge on any atom is -0.309 e. The van der Waals surface area contributed by atoms with Gasteiger partial charge in [0.25, 0.3) is 0 Å². The van der Waals surface area contributed by atoms with E-state index in [1.807, 2.05) is 0 Å². The molecule has 0 atom stereocenters. The van der Waals surface area contributed by atoms with E-state index in [0.717, 1.165) is 33.8 Å². The second-order valence-corrected chi connectivity index (χ2v) is 14.4. The Bertz CT molecular complexity index is 3210. The summed E-state index contributed by atoms with van der Waals surface area (Å²) in [5, 5.41) is 6.09. The summed E-state index contributed by atoms with van der Waals surface area (Å²) in [6.07, 6.45) is 0. The maximum Gasteiger partial charge on any atom is 0.145 e. The normalized spacial score (nSPS) is 11.6. The lowest BCUT2D eigenvalue weighted by Crippen LogP contribution is -1.98. The number of rotatable bonds is 6. The van der Waals surface area contributed by atoms with E-state index >= 15 is 0 Å². The molecule has 0 aliphatic carbocycles. The van der Waals surface area contributed by atoms with Gasteiger partial charge in [-0.1, -0.05) is 158 Å². The van der Waals surface area contributed by atoms with Gasteiger partial charge in [0.05, 0.1) is 22.2 Å². The van der Waals surface area contributed by atoms with Crippen LogP contribution >= 0.6 is 0 Å². The van der Waals surface area contributed by atoms with E-state index in [4.69, 9.17) is 4.98 Å². The Kier molecular flexibility index (Phi) is 7.49. The lowest BCUT2D eigenvalue weighted by molar-refractivity contribution is 1.10. The van der Waals surface area contributed by atoms with Crippen LogP contribution in [0.4, 0.5) is 0 Å². The molecule has 3 heteroatoms. The lowest BCUT2D eigenvalue weighted by atomic mass is 9.95. The molecule has 2 heterocycles. The van der Waals surface area contributed by atoms with Gasteiger partial charge in [0.1, 0.15) is 5.82 Å². The number of hydrogen-bond donors (Lipinski definition) is 0. The Labute approximate surface area is 325 Å². The first kappa shape index (κ1) is 32.0. The summed E-state index contributed by atoms with van der Waals surface area (Å²) >= 11 is 0. The first-order valence-corrected chi connectivity index (χ1v) is 19.1. The van der Waals surface area contributed by atoms with Gasteiger partial charge in [0, 0.05) is 27.9 Å². The molecule has 0 radical (unpaired) electrons. The third-order valence-electron chi connectivity index (χ3n) is 11.1. The first-order valence-electron chi connectivity index (χ1n) is 19.1. The number of aromatic nitrogens is 3. The third-order valence-corrected chi connectivity index (χ3v) is 11.1. The molecule has 11 rings (SSSR count). The van der Waals surface area contributed by atoms with Crippen molar-refractivity contribution in [2.24, 2.45) is 0 Å². The Morgan fingerprint density at radius 1 is 0.321 bits per heavy atom. The van der Waals surface area contributed by atoms with Crippen LogP contribution in [0.1, 0.15) is 0 Å². The van der Waals surface area contributed by atoms with Crippen LogP contribution in [0.5, 0.6) is 0 Å². The predicted octanol–water partition coefficient (Wildman–Crippen LogP) is 13.9. The van der Waals surface area contributed by atoms with E-state index in [0.29, 0.717) is 0 Å². The summed E-state index contributed by atoms with van der Waals surface area (Å²) in [6, 6.07) is 76.4. The van der Waals surface area contributed by atoms with Gasteiger partial charge in [0.15, 0.2) is 0 Å². The smallest absolute Gasteiger partial charge is 0.145 e. The molecule has 262 valence electrons. The first-order chi connectivity index (χ1) is 27.8. The molecule has 0 saturated carbocycles. The number of fused-ring (bicyclic) bond motifs is 4. The Balaban J connectivity index is 1.08. The van der Waals surface area contributed by atoms with E-state index in [1.165, 1.54) is 66.0 Å². The van der Waals surface area contributed by atoms with Crippen molar-refractivity contribution in [3.8, 4) is 56.3 Å². The zero-order valence-corrected chi connectivity index (χ0v) is 30.5. The molecule has 0 aliphatic heterocycles. The largest absolute Gasteiger partial charge is 0.309 e. The molecule has 0 fully saturated rings. The average Bonchev–Trinajstić information content (AvgIpc) is 3.82. The summed E-state index contributed by atoms with van der Waals surface area (Å²) in [5.41, 5.74) is 13.7. The minimum atomic E-state index is 0.934. The zero-order chi connectivity index (χ0) is 37.0. The zero-order valence-electron chi connectivity index (χ0n) is 30.5. The molecule has 0 spiro atoms. The minimum absolute atomic E-state index is 0.934. The van der Waals surface area contributed by atoms with E-state index in [-0.39, 0.29) is 0 Å². The van der Waals surface area contributed by atoms with Crippen LogP contribution in [-0.2, 0) is 0 Å². The van der Waals surface area contributed by atoms with Crippen LogP contribution < -0.4 is 0 Å². The average molecular weight is 714 g/mol. The molecule has 56 heavy (non-hydrogen) atoms. The number of nitrogens with zero attached hydrogens (tertiary/aromatic N) is 3. The van der Waals surface area contributed by atoms with Crippen molar-refractivity contribution in [1.29, 1.82) is 0 Å². The summed E-state index contributed by atoms with van der Waals surface area (Å²) < 4.78 is 4.72. The van der Waals surface area contributed by atoms with Crippen molar-refractivity contribution < 1.29 is 0 Å². The van der Waals surface area contributed by atoms with E-state index in [9.17, 15) is 0 Å². The van der Waals surface area contributed by atoms with E-state index in [1.54, 1.807) is 0 Å². The molecule has 3 nitrogen and oxygen atoms in total. The monoisotopic (exact) mass is 713 g/mol. The van der Waals surface area contributed by atoms with Crippen LogP contribution in [-0.4, -0.2) is 14.1 Å². The van der Waals surface area contributed by atoms with Gasteiger partial charge in [-0.2, -0.15) is 0 Å². The second-order valence-electron chi connectivity index (χ2n) is 14.4. The second kappa shape index (κ2) is 13.1. The molecule has 0 saturated heterocycles. The van der Waals surface area contributed by atoms with Gasteiger partial charge in [-0.05, 0) is 98.4 Å². The fourth-order valence-electron chi connectivity index (χ4n) is 8.43. The molecule has 0 unspecified atom stereocenters. The standard InChI is InChI=1S/C53H35N3/c1-4-15-38(16-5-1)51-47-34-44-32-42(37-24-26-40(27-25-37)53-54-48-22-12-13-23-49(48)56(53)45-20-8-3-9-21-45)28-29-43(44)35-50(47)55(52(51)39-17-6-2-7-18-39)46-31-30-36-14-10-11-19-41(36)33-46/h1-35H. The summed E-state index contributed by atoms with van der Waals surface area (Å²) in [5.74, 6) is 0.934. The molecule has 0 aliphatic rings. The van der Waals surface area contributed by atoms with Crippen molar-refractivity contribution in [2.45, 2.75) is 0 Å². The molecular formula is C53H35N3. The number of hydrogen-bond acceptors (Lipinski definition) is 1. The fraction of sp³-hybridized carbons (Fsp3) is 0. The van der Waals surface area contributed by atoms with Gasteiger partial charge in [-0.3, -0.25) is 4.57 Å². The van der Waals surface area contributed by atoms with E-state index < -0.39 is 0 Å². The highest BCUT2D eigenvalue weighted by molar-refractivity contribution is 6.11. The Hall–Kier alpha value is -7.49. The van der Waals surface area contributed by atoms with Gasteiger partial charge in [-0.15, -0.1) is 0 Å². The number of para-hydroxylation sites is 3. The van der Waals surface area contributed by atoms with Gasteiger partial charge in [0.2, 0.25) is 0 Å². The third kappa shape index (κ3) is 5.32. The maximum atomic E-state index is 5.09. The summed E-state index contributed by atoms with van der Waals surface area (Å²) in [6.45, 7) is 0. The van der Waals surface area contributed by atoms with Crippen LogP contribution in [0.2, 0.25) is 0 Å². The Morgan fingerprint density at radius 3 is 1.71 bits per heavy atom. The predicted molar refractivity (Wildman–Crippen MR) is 235 cm³/mol. The van der Waals surface area contributed by atoms with Crippen molar-refractivity contribution in [2.75, 3.05) is 0 Å². The molecule has 0 N–H and O–H groups in total. The maximum absolute atomic E-state index is 5.09. The van der Waals surface area contributed by atoms with Crippen LogP contribution in [0, 0.1) is 0 Å². The van der Waals surface area contributed by atoms with Crippen LogP contribution in [0.15, 0.2) is 212 Å². The van der Waals surface area contributed by atoms with E-state index in [2.05, 4.69) is 221 Å². The molecule has 2 aromatic heterocycles. The summed E-state index contributed by atoms with van der Waals surface area (Å²) in [7, 11) is 0. The molecule has 0 amide bonds. The number of benzene rings is 9. The Morgan fingerprint density at radius 2 is 0.929 bits per heavy atom. The molecular weight excluding hydrogens is 679 g/mol. The van der Waals surface area contributed by atoms with Gasteiger partial charge < -0.3 is 4.57 Å². The summed E-state index contributed by atoms with van der Waals surface area (Å²) in [4.78, 5) is 5.09. The van der Waals surface area contributed by atoms with Crippen molar-refractivity contribution in [1.82, 2.24) is 14.1 Å². The van der Waals surface area contributed by atoms with Crippen LogP contribution in [0.25, 0.3) is 99.8 Å². The van der Waals surface area contributed by atoms with Crippen molar-refractivity contribution in [3.63, 3.8) is 0 Å². The molecule has 11 aromatic rings.